The van der Waals surface area contributed by atoms with Crippen molar-refractivity contribution in [2.45, 2.75) is 12.8 Å². The first-order valence-corrected chi connectivity index (χ1v) is 7.49. The smallest absolute Gasteiger partial charge is 0.164 e. The highest BCUT2D eigenvalue weighted by Gasteiger charge is 2.25. The zero-order valence-electron chi connectivity index (χ0n) is 10.3. The molecular weight excluding hydrogens is 394 g/mol. The Kier molecular flexibility index (Phi) is 3.69. The Hall–Kier alpha value is -1.14. The van der Waals surface area contributed by atoms with Crippen molar-refractivity contribution in [3.8, 4) is 11.5 Å². The van der Waals surface area contributed by atoms with Gasteiger partial charge in [-0.1, -0.05) is 11.6 Å². The van der Waals surface area contributed by atoms with Crippen molar-refractivity contribution in [1.82, 2.24) is 0 Å². The van der Waals surface area contributed by atoms with Crippen LogP contribution in [-0.4, -0.2) is 5.78 Å². The molecular formula is C15H9ClFIO2. The maximum Gasteiger partial charge on any atom is 0.164 e. The Balaban J connectivity index is 2.02. The minimum Gasteiger partial charge on any atom is -0.457 e. The van der Waals surface area contributed by atoms with E-state index in [0.717, 1.165) is 14.7 Å². The van der Waals surface area contributed by atoms with Gasteiger partial charge in [-0.15, -0.1) is 0 Å². The molecule has 0 unspecified atom stereocenters. The second-order valence-corrected chi connectivity index (χ2v) is 6.13. The van der Waals surface area contributed by atoms with Gasteiger partial charge in [-0.05, 0) is 53.3 Å². The predicted octanol–water partition coefficient (Wildman–Crippen LogP) is 5.00. The number of Topliss-reactive ketones (excluding diaryl/α,β-unsaturated/α-hetero) is 1. The first kappa shape index (κ1) is 13.8. The van der Waals surface area contributed by atoms with Gasteiger partial charge in [0, 0.05) is 32.2 Å². The molecule has 0 spiro atoms. The van der Waals surface area contributed by atoms with Crippen LogP contribution in [0.15, 0.2) is 30.3 Å². The van der Waals surface area contributed by atoms with Crippen LogP contribution in [-0.2, 0) is 6.42 Å². The molecule has 0 N–H and O–H groups in total. The molecule has 1 aliphatic carbocycles. The SMILES string of the molecule is O=C1CCc2c(Oc3cc(F)cc(Cl)c3)ccc(I)c21. The van der Waals surface area contributed by atoms with Crippen LogP contribution < -0.4 is 4.74 Å². The molecule has 0 saturated carbocycles. The molecule has 0 amide bonds. The van der Waals surface area contributed by atoms with Crippen LogP contribution in [0.2, 0.25) is 5.02 Å². The maximum atomic E-state index is 13.3. The molecule has 0 aliphatic heterocycles. The van der Waals surface area contributed by atoms with E-state index in [0.29, 0.717) is 24.3 Å². The number of fused-ring (bicyclic) bond motifs is 1. The van der Waals surface area contributed by atoms with Crippen LogP contribution in [0.3, 0.4) is 0 Å². The van der Waals surface area contributed by atoms with E-state index in [1.54, 1.807) is 12.1 Å². The van der Waals surface area contributed by atoms with E-state index in [-0.39, 0.29) is 10.8 Å². The van der Waals surface area contributed by atoms with E-state index in [4.69, 9.17) is 16.3 Å². The fraction of sp³-hybridized carbons (Fsp3) is 0.133. The molecule has 102 valence electrons. The van der Waals surface area contributed by atoms with Gasteiger partial charge in [0.05, 0.1) is 0 Å². The zero-order chi connectivity index (χ0) is 14.3. The van der Waals surface area contributed by atoms with Gasteiger partial charge in [-0.25, -0.2) is 4.39 Å². The highest BCUT2D eigenvalue weighted by molar-refractivity contribution is 14.1. The van der Waals surface area contributed by atoms with Crippen molar-refractivity contribution >= 4 is 40.0 Å². The van der Waals surface area contributed by atoms with Crippen molar-refractivity contribution < 1.29 is 13.9 Å². The van der Waals surface area contributed by atoms with Gasteiger partial charge in [-0.3, -0.25) is 4.79 Å². The Morgan fingerprint density at radius 1 is 1.20 bits per heavy atom. The summed E-state index contributed by atoms with van der Waals surface area (Å²) in [5.74, 6) is 0.601. The Morgan fingerprint density at radius 2 is 2.00 bits per heavy atom. The molecule has 0 radical (unpaired) electrons. The number of carbonyl (C=O) groups is 1. The molecule has 2 aromatic carbocycles. The quantitative estimate of drug-likeness (QED) is 0.661. The Morgan fingerprint density at radius 3 is 2.75 bits per heavy atom. The molecule has 0 fully saturated rings. The molecule has 2 aromatic rings. The molecule has 0 heterocycles. The number of carbonyl (C=O) groups excluding carboxylic acids is 1. The third-order valence-electron chi connectivity index (χ3n) is 3.16. The summed E-state index contributed by atoms with van der Waals surface area (Å²) >= 11 is 7.95. The summed E-state index contributed by atoms with van der Waals surface area (Å²) < 4.78 is 19.9. The van der Waals surface area contributed by atoms with Gasteiger partial charge in [-0.2, -0.15) is 0 Å². The lowest BCUT2D eigenvalue weighted by atomic mass is 10.1. The normalized spacial score (nSPS) is 13.4. The standard InChI is InChI=1S/C15H9ClFIO2/c16-8-5-9(17)7-10(6-8)20-14-4-2-12(18)15-11(14)1-3-13(15)19/h2,4-7H,1,3H2. The molecule has 5 heteroatoms. The second-order valence-electron chi connectivity index (χ2n) is 4.53. The first-order valence-electron chi connectivity index (χ1n) is 6.03. The van der Waals surface area contributed by atoms with E-state index in [1.165, 1.54) is 12.1 Å². The number of rotatable bonds is 2. The number of benzene rings is 2. The van der Waals surface area contributed by atoms with E-state index in [9.17, 15) is 9.18 Å². The Labute approximate surface area is 134 Å². The van der Waals surface area contributed by atoms with Crippen LogP contribution in [0.1, 0.15) is 22.3 Å². The summed E-state index contributed by atoms with van der Waals surface area (Å²) in [6.07, 6.45) is 1.15. The van der Waals surface area contributed by atoms with Gasteiger partial charge in [0.25, 0.3) is 0 Å². The number of halogens is 3. The number of ether oxygens (including phenoxy) is 1. The lowest BCUT2D eigenvalue weighted by Gasteiger charge is -2.11. The number of hydrogen-bond donors (Lipinski definition) is 0. The molecule has 1 aliphatic rings. The lowest BCUT2D eigenvalue weighted by molar-refractivity contribution is 0.0994. The van der Waals surface area contributed by atoms with E-state index in [1.807, 2.05) is 6.07 Å². The average Bonchev–Trinajstić information content (AvgIpc) is 2.75. The molecule has 0 atom stereocenters. The summed E-state index contributed by atoms with van der Waals surface area (Å²) in [5.41, 5.74) is 1.62. The second kappa shape index (κ2) is 5.33. The van der Waals surface area contributed by atoms with Crippen molar-refractivity contribution in [2.75, 3.05) is 0 Å². The van der Waals surface area contributed by atoms with Crippen LogP contribution in [0.4, 0.5) is 4.39 Å². The molecule has 3 rings (SSSR count). The van der Waals surface area contributed by atoms with Gasteiger partial charge in [0.1, 0.15) is 17.3 Å². The van der Waals surface area contributed by atoms with Crippen molar-refractivity contribution in [2.24, 2.45) is 0 Å². The summed E-state index contributed by atoms with van der Waals surface area (Å²) in [4.78, 5) is 11.9. The van der Waals surface area contributed by atoms with Gasteiger partial charge >= 0.3 is 0 Å². The highest BCUT2D eigenvalue weighted by atomic mass is 127. The summed E-state index contributed by atoms with van der Waals surface area (Å²) in [5, 5.41) is 0.276. The van der Waals surface area contributed by atoms with E-state index < -0.39 is 5.82 Å². The summed E-state index contributed by atoms with van der Waals surface area (Å²) in [7, 11) is 0. The van der Waals surface area contributed by atoms with Gasteiger partial charge < -0.3 is 4.74 Å². The largest absolute Gasteiger partial charge is 0.457 e. The topological polar surface area (TPSA) is 26.3 Å². The first-order chi connectivity index (χ1) is 9.54. The number of hydrogen-bond acceptors (Lipinski definition) is 2. The lowest BCUT2D eigenvalue weighted by Crippen LogP contribution is -1.97. The number of ketones is 1. The van der Waals surface area contributed by atoms with Crippen molar-refractivity contribution in [3.63, 3.8) is 0 Å². The van der Waals surface area contributed by atoms with Crippen LogP contribution >= 0.6 is 34.2 Å². The Bertz CT molecular complexity index is 695. The summed E-state index contributed by atoms with van der Waals surface area (Å²) in [6, 6.07) is 7.67. The zero-order valence-corrected chi connectivity index (χ0v) is 13.2. The predicted molar refractivity (Wildman–Crippen MR) is 83.3 cm³/mol. The van der Waals surface area contributed by atoms with Gasteiger partial charge in [0.15, 0.2) is 5.78 Å². The third kappa shape index (κ3) is 2.54. The van der Waals surface area contributed by atoms with Crippen LogP contribution in [0.5, 0.6) is 11.5 Å². The molecule has 0 aromatic heterocycles. The monoisotopic (exact) mass is 402 g/mol. The molecule has 0 saturated heterocycles. The average molecular weight is 403 g/mol. The molecule has 2 nitrogen and oxygen atoms in total. The third-order valence-corrected chi connectivity index (χ3v) is 4.28. The molecule has 0 bridgehead atoms. The minimum absolute atomic E-state index is 0.132. The van der Waals surface area contributed by atoms with Crippen LogP contribution in [0, 0.1) is 9.39 Å². The van der Waals surface area contributed by atoms with E-state index in [2.05, 4.69) is 22.6 Å². The fourth-order valence-corrected chi connectivity index (χ4v) is 3.34. The van der Waals surface area contributed by atoms with Crippen LogP contribution in [0.25, 0.3) is 0 Å². The summed E-state index contributed by atoms with van der Waals surface area (Å²) in [6.45, 7) is 0. The highest BCUT2D eigenvalue weighted by Crippen LogP contribution is 2.36. The minimum atomic E-state index is -0.453. The molecule has 20 heavy (non-hydrogen) atoms. The van der Waals surface area contributed by atoms with E-state index >= 15 is 0 Å². The fourth-order valence-electron chi connectivity index (χ4n) is 2.32. The van der Waals surface area contributed by atoms with Crippen molar-refractivity contribution in [1.29, 1.82) is 0 Å². The van der Waals surface area contributed by atoms with Crippen molar-refractivity contribution in [3.05, 3.63) is 55.9 Å². The maximum absolute atomic E-state index is 13.3. The van der Waals surface area contributed by atoms with Gasteiger partial charge in [0.2, 0.25) is 0 Å².